The highest BCUT2D eigenvalue weighted by Gasteiger charge is 2.71. The number of fused-ring (bicyclic) bond motifs is 5. The van der Waals surface area contributed by atoms with Crippen LogP contribution in [0.2, 0.25) is 0 Å². The van der Waals surface area contributed by atoms with Crippen LogP contribution in [0.15, 0.2) is 11.6 Å². The summed E-state index contributed by atoms with van der Waals surface area (Å²) < 4.78 is 29.1. The summed E-state index contributed by atoms with van der Waals surface area (Å²) in [4.78, 5) is 24.2. The van der Waals surface area contributed by atoms with Gasteiger partial charge < -0.3 is 33.9 Å². The van der Waals surface area contributed by atoms with Crippen LogP contribution in [0.5, 0.6) is 0 Å². The lowest BCUT2D eigenvalue weighted by Gasteiger charge is -2.63. The molecule has 0 amide bonds. The summed E-state index contributed by atoms with van der Waals surface area (Å²) in [6.45, 7) is 8.06. The molecule has 4 aliphatic carbocycles. The van der Waals surface area contributed by atoms with Crippen molar-refractivity contribution in [2.45, 2.75) is 128 Å². The minimum absolute atomic E-state index is 0.0898. The number of aliphatic hydroxyl groups is 2. The summed E-state index contributed by atoms with van der Waals surface area (Å²) in [5.74, 6) is 0.0175. The van der Waals surface area contributed by atoms with Crippen LogP contribution in [-0.4, -0.2) is 78.3 Å². The highest BCUT2D eigenvalue weighted by atomic mass is 16.7. The Bertz CT molecular complexity index is 1080. The van der Waals surface area contributed by atoms with E-state index < -0.39 is 23.2 Å². The fraction of sp³-hybridized carbons (Fsp3) is 0.875. The third kappa shape index (κ3) is 4.69. The predicted molar refractivity (Wildman–Crippen MR) is 147 cm³/mol. The molecule has 2 N–H and O–H groups in total. The van der Waals surface area contributed by atoms with Gasteiger partial charge in [-0.25, -0.2) is 4.79 Å². The second-order valence-corrected chi connectivity index (χ2v) is 14.3. The molecule has 5 fully saturated rings. The average molecular weight is 577 g/mol. The number of methoxy groups -OCH3 is 1. The molecule has 0 aromatic rings. The Morgan fingerprint density at radius 1 is 1.07 bits per heavy atom. The van der Waals surface area contributed by atoms with Gasteiger partial charge >= 0.3 is 11.9 Å². The molecular formula is C32H48O9. The van der Waals surface area contributed by atoms with Crippen LogP contribution >= 0.6 is 0 Å². The highest BCUT2D eigenvalue weighted by molar-refractivity contribution is 5.85. The van der Waals surface area contributed by atoms with Crippen LogP contribution in [0.25, 0.3) is 0 Å². The number of carbonyl (C=O) groups excluding carboxylic acids is 2. The number of esters is 2. The maximum absolute atomic E-state index is 12.7. The Kier molecular flexibility index (Phi) is 7.62. The van der Waals surface area contributed by atoms with Crippen LogP contribution in [0, 0.1) is 34.5 Å². The second kappa shape index (κ2) is 10.6. The predicted octanol–water partition coefficient (Wildman–Crippen LogP) is 3.68. The first-order valence-corrected chi connectivity index (χ1v) is 15.7. The molecule has 0 radical (unpaired) electrons. The Hall–Kier alpha value is -1.52. The quantitative estimate of drug-likeness (QED) is 0.373. The van der Waals surface area contributed by atoms with Crippen LogP contribution in [0.1, 0.15) is 85.5 Å². The fourth-order valence-electron chi connectivity index (χ4n) is 10.4. The molecule has 9 nitrogen and oxygen atoms in total. The molecular weight excluding hydrogens is 528 g/mol. The smallest absolute Gasteiger partial charge is 0.331 e. The molecule has 13 atom stereocenters. The van der Waals surface area contributed by atoms with Gasteiger partial charge in [-0.3, -0.25) is 4.79 Å². The van der Waals surface area contributed by atoms with Gasteiger partial charge in [-0.1, -0.05) is 13.8 Å². The summed E-state index contributed by atoms with van der Waals surface area (Å²) in [5, 5.41) is 23.0. The zero-order valence-electron chi connectivity index (χ0n) is 25.2. The Morgan fingerprint density at radius 2 is 1.85 bits per heavy atom. The van der Waals surface area contributed by atoms with Gasteiger partial charge in [-0.05, 0) is 80.6 Å². The van der Waals surface area contributed by atoms with Crippen LogP contribution in [-0.2, 0) is 33.3 Å². The first-order chi connectivity index (χ1) is 19.4. The van der Waals surface area contributed by atoms with Crippen molar-refractivity contribution in [3.63, 3.8) is 0 Å². The Balaban J connectivity index is 1.19. The average Bonchev–Trinajstić information content (AvgIpc) is 3.42. The molecule has 0 bridgehead atoms. The fourth-order valence-corrected chi connectivity index (χ4v) is 10.4. The van der Waals surface area contributed by atoms with E-state index in [-0.39, 0.29) is 60.4 Å². The molecule has 0 spiro atoms. The number of cyclic esters (lactones) is 1. The van der Waals surface area contributed by atoms with E-state index in [0.29, 0.717) is 24.7 Å². The van der Waals surface area contributed by atoms with Crippen molar-refractivity contribution in [1.29, 1.82) is 0 Å². The molecule has 1 saturated heterocycles. The number of hydrogen-bond donors (Lipinski definition) is 2. The third-order valence-corrected chi connectivity index (χ3v) is 12.5. The number of carbonyl (C=O) groups is 2. The summed E-state index contributed by atoms with van der Waals surface area (Å²) in [7, 11) is 1.62. The molecule has 9 heteroatoms. The maximum Gasteiger partial charge on any atom is 0.331 e. The molecule has 4 unspecified atom stereocenters. The van der Waals surface area contributed by atoms with Crippen molar-refractivity contribution in [2.24, 2.45) is 34.5 Å². The van der Waals surface area contributed by atoms with Crippen LogP contribution in [0.3, 0.4) is 0 Å². The van der Waals surface area contributed by atoms with Gasteiger partial charge in [0.2, 0.25) is 0 Å². The number of ether oxygens (including phenoxy) is 5. The maximum atomic E-state index is 12.7. The molecule has 4 saturated carbocycles. The first-order valence-electron chi connectivity index (χ1n) is 15.7. The Morgan fingerprint density at radius 3 is 2.54 bits per heavy atom. The van der Waals surface area contributed by atoms with Gasteiger partial charge in [0.1, 0.15) is 18.8 Å². The van der Waals surface area contributed by atoms with Crippen molar-refractivity contribution < 1.29 is 43.5 Å². The normalized spacial score (nSPS) is 51.2. The van der Waals surface area contributed by atoms with E-state index >= 15 is 0 Å². The molecule has 6 rings (SSSR count). The van der Waals surface area contributed by atoms with Crippen molar-refractivity contribution in [1.82, 2.24) is 0 Å². The van der Waals surface area contributed by atoms with Crippen molar-refractivity contribution in [3.8, 4) is 0 Å². The monoisotopic (exact) mass is 576 g/mol. The second-order valence-electron chi connectivity index (χ2n) is 14.3. The van der Waals surface area contributed by atoms with Crippen molar-refractivity contribution in [3.05, 3.63) is 11.6 Å². The largest absolute Gasteiger partial charge is 0.462 e. The molecule has 2 aliphatic heterocycles. The van der Waals surface area contributed by atoms with Crippen LogP contribution < -0.4 is 0 Å². The molecule has 0 aromatic carbocycles. The van der Waals surface area contributed by atoms with E-state index in [1.54, 1.807) is 13.2 Å². The number of hydrogen-bond acceptors (Lipinski definition) is 9. The van der Waals surface area contributed by atoms with Gasteiger partial charge in [0.15, 0.2) is 6.29 Å². The Labute approximate surface area is 243 Å². The van der Waals surface area contributed by atoms with Crippen molar-refractivity contribution in [2.75, 3.05) is 13.7 Å². The SMILES string of the molecule is CO[C@H]1CC(OC2CC[C@@]3(C)C(CC[C@@H]4[C@@H]3CC[C@]3(C)[C@@H](C5=CC(=O)OC5)C(OC(C)=O)C[C@]43O)C2)O[C@H](C)[C@@H]1O. The summed E-state index contributed by atoms with van der Waals surface area (Å²) in [5.41, 5.74) is -0.559. The van der Waals surface area contributed by atoms with E-state index in [9.17, 15) is 19.8 Å². The zero-order chi connectivity index (χ0) is 29.3. The van der Waals surface area contributed by atoms with E-state index in [1.807, 2.05) is 6.92 Å². The van der Waals surface area contributed by atoms with Crippen molar-refractivity contribution >= 4 is 11.9 Å². The van der Waals surface area contributed by atoms with E-state index in [2.05, 4.69) is 13.8 Å². The molecule has 6 aliphatic rings. The highest BCUT2D eigenvalue weighted by Crippen LogP contribution is 2.70. The van der Waals surface area contributed by atoms with E-state index in [1.165, 1.54) is 6.92 Å². The van der Waals surface area contributed by atoms with Gasteiger partial charge in [-0.15, -0.1) is 0 Å². The molecule has 41 heavy (non-hydrogen) atoms. The summed E-state index contributed by atoms with van der Waals surface area (Å²) in [6, 6.07) is 0. The van der Waals surface area contributed by atoms with Gasteiger partial charge in [-0.2, -0.15) is 0 Å². The molecule has 0 aromatic heterocycles. The van der Waals surface area contributed by atoms with Gasteiger partial charge in [0.05, 0.1) is 23.9 Å². The lowest BCUT2D eigenvalue weighted by Crippen LogP contribution is -2.62. The summed E-state index contributed by atoms with van der Waals surface area (Å²) >= 11 is 0. The molecule has 2 heterocycles. The minimum atomic E-state index is -0.990. The molecule has 230 valence electrons. The first kappa shape index (κ1) is 29.5. The van der Waals surface area contributed by atoms with Gasteiger partial charge in [0.25, 0.3) is 0 Å². The van der Waals surface area contributed by atoms with Gasteiger partial charge in [0, 0.05) is 44.3 Å². The summed E-state index contributed by atoms with van der Waals surface area (Å²) in [6.07, 6.45) is 7.14. The minimum Gasteiger partial charge on any atom is -0.462 e. The van der Waals surface area contributed by atoms with E-state index in [0.717, 1.165) is 50.5 Å². The topological polar surface area (TPSA) is 121 Å². The van der Waals surface area contributed by atoms with E-state index in [4.69, 9.17) is 23.7 Å². The lowest BCUT2D eigenvalue weighted by atomic mass is 9.43. The standard InChI is InChI=1S/C32H48O9/c1-17-29(35)24(37-5)14-27(39-17)41-21-8-10-30(3)20(13-21)6-7-23-22(30)9-11-31(4)28(19-12-26(34)38-16-19)25(40-18(2)33)15-32(23,31)36/h12,17,20-25,27-29,35-36H,6-11,13-16H2,1-5H3/t17-,20?,21?,22+,23-,24+,25?,27?,28+,29+,30+,31-,32+/m1/s1. The van der Waals surface area contributed by atoms with Crippen LogP contribution in [0.4, 0.5) is 0 Å². The number of rotatable bonds is 5. The number of aliphatic hydroxyl groups excluding tert-OH is 1. The zero-order valence-corrected chi connectivity index (χ0v) is 25.2. The third-order valence-electron chi connectivity index (χ3n) is 12.5. The lowest BCUT2D eigenvalue weighted by molar-refractivity contribution is -0.273.